The van der Waals surface area contributed by atoms with E-state index in [1.165, 1.54) is 0 Å². The first-order valence-electron chi connectivity index (χ1n) is 3.84. The Morgan fingerprint density at radius 2 is 2.50 bits per heavy atom. The van der Waals surface area contributed by atoms with E-state index in [9.17, 15) is 0 Å². The molecule has 12 heavy (non-hydrogen) atoms. The first-order valence-corrected chi connectivity index (χ1v) is 3.84. The van der Waals surface area contributed by atoms with Gasteiger partial charge in [0.25, 0.3) is 6.41 Å². The third kappa shape index (κ3) is 1.96. The zero-order valence-electron chi connectivity index (χ0n) is 7.08. The number of hydrogen-bond donors (Lipinski definition) is 2. The van der Waals surface area contributed by atoms with E-state index in [1.54, 1.807) is 12.2 Å². The van der Waals surface area contributed by atoms with Crippen molar-refractivity contribution in [2.45, 2.75) is 13.3 Å². The van der Waals surface area contributed by atoms with Gasteiger partial charge in [-0.25, -0.2) is 0 Å². The van der Waals surface area contributed by atoms with Crippen molar-refractivity contribution in [3.63, 3.8) is 0 Å². The maximum absolute atomic E-state index is 9.08. The van der Waals surface area contributed by atoms with Gasteiger partial charge in [0.05, 0.1) is 0 Å². The molecule has 1 unspecified atom stereocenters. The van der Waals surface area contributed by atoms with Crippen molar-refractivity contribution >= 4 is 0 Å². The van der Waals surface area contributed by atoms with Crippen molar-refractivity contribution in [2.75, 3.05) is 6.54 Å². The predicted octanol–water partition coefficient (Wildman–Crippen LogP) is 0.898. The molecule has 1 atom stereocenters. The van der Waals surface area contributed by atoms with Gasteiger partial charge in [0.1, 0.15) is 5.76 Å². The minimum atomic E-state index is -0.903. The number of nitrogens with one attached hydrogen (secondary N) is 1. The van der Waals surface area contributed by atoms with Crippen LogP contribution in [0.3, 0.4) is 0 Å². The molecular formula is C9H13NO2. The standard InChI is InChI=1S/C9H13NO2/c1-3-5-8-7(4-2)6-10-9(11)12-8/h3-5,9-11H,2,6H2,1H3/b5-3-. The van der Waals surface area contributed by atoms with Crippen LogP contribution in [0.2, 0.25) is 0 Å². The molecule has 0 fully saturated rings. The molecule has 3 nitrogen and oxygen atoms in total. The first kappa shape index (κ1) is 9.03. The highest BCUT2D eigenvalue weighted by Crippen LogP contribution is 2.14. The highest BCUT2D eigenvalue weighted by Gasteiger charge is 2.14. The van der Waals surface area contributed by atoms with Gasteiger partial charge in [0, 0.05) is 12.1 Å². The van der Waals surface area contributed by atoms with Gasteiger partial charge in [-0.3, -0.25) is 5.32 Å². The molecule has 2 N–H and O–H groups in total. The van der Waals surface area contributed by atoms with Gasteiger partial charge in [-0.15, -0.1) is 0 Å². The van der Waals surface area contributed by atoms with Crippen molar-refractivity contribution in [1.82, 2.24) is 5.32 Å². The molecule has 1 heterocycles. The average Bonchev–Trinajstić information content (AvgIpc) is 2.05. The number of allylic oxidation sites excluding steroid dienone is 2. The SMILES string of the molecule is C=CC1=C(/C=C\C)OC(O)NC1. The maximum Gasteiger partial charge on any atom is 0.257 e. The Bertz CT molecular complexity index is 231. The second kappa shape index (κ2) is 4.09. The maximum atomic E-state index is 9.08. The van der Waals surface area contributed by atoms with Crippen LogP contribution >= 0.6 is 0 Å². The average molecular weight is 167 g/mol. The molecular weight excluding hydrogens is 154 g/mol. The van der Waals surface area contributed by atoms with E-state index in [1.807, 2.05) is 13.0 Å². The molecule has 0 spiro atoms. The normalized spacial score (nSPS) is 24.3. The summed E-state index contributed by atoms with van der Waals surface area (Å²) >= 11 is 0. The first-order chi connectivity index (χ1) is 5.77. The zero-order valence-corrected chi connectivity index (χ0v) is 7.08. The summed E-state index contributed by atoms with van der Waals surface area (Å²) in [5.74, 6) is 0.679. The lowest BCUT2D eigenvalue weighted by atomic mass is 10.2. The molecule has 0 aliphatic carbocycles. The Morgan fingerprint density at radius 1 is 1.75 bits per heavy atom. The van der Waals surface area contributed by atoms with Gasteiger partial charge < -0.3 is 9.84 Å². The van der Waals surface area contributed by atoms with Crippen LogP contribution in [0.4, 0.5) is 0 Å². The summed E-state index contributed by atoms with van der Waals surface area (Å²) in [7, 11) is 0. The Hall–Kier alpha value is -1.06. The third-order valence-corrected chi connectivity index (χ3v) is 1.59. The minimum absolute atomic E-state index is 0.588. The molecule has 0 radical (unpaired) electrons. The lowest BCUT2D eigenvalue weighted by Gasteiger charge is -2.23. The molecule has 3 heteroatoms. The molecule has 0 saturated carbocycles. The van der Waals surface area contributed by atoms with Crippen molar-refractivity contribution in [3.05, 3.63) is 36.1 Å². The van der Waals surface area contributed by atoms with Crippen molar-refractivity contribution < 1.29 is 9.84 Å². The monoisotopic (exact) mass is 167 g/mol. The van der Waals surface area contributed by atoms with Crippen molar-refractivity contribution in [3.8, 4) is 0 Å². The van der Waals surface area contributed by atoms with Crippen molar-refractivity contribution in [1.29, 1.82) is 0 Å². The van der Waals surface area contributed by atoms with E-state index in [4.69, 9.17) is 9.84 Å². The van der Waals surface area contributed by atoms with E-state index in [0.29, 0.717) is 12.3 Å². The van der Waals surface area contributed by atoms with E-state index >= 15 is 0 Å². The van der Waals surface area contributed by atoms with E-state index in [2.05, 4.69) is 11.9 Å². The number of aliphatic hydroxyl groups excluding tert-OH is 1. The lowest BCUT2D eigenvalue weighted by molar-refractivity contribution is -0.0912. The predicted molar refractivity (Wildman–Crippen MR) is 47.1 cm³/mol. The quantitative estimate of drug-likeness (QED) is 0.642. The molecule has 1 aliphatic rings. The van der Waals surface area contributed by atoms with Gasteiger partial charge in [0.2, 0.25) is 0 Å². The van der Waals surface area contributed by atoms with Gasteiger partial charge in [-0.1, -0.05) is 18.7 Å². The van der Waals surface area contributed by atoms with Crippen LogP contribution in [-0.2, 0) is 4.74 Å². The van der Waals surface area contributed by atoms with Gasteiger partial charge in [0.15, 0.2) is 0 Å². The summed E-state index contributed by atoms with van der Waals surface area (Å²) in [5.41, 5.74) is 0.957. The largest absolute Gasteiger partial charge is 0.451 e. The summed E-state index contributed by atoms with van der Waals surface area (Å²) in [6.07, 6.45) is 4.48. The van der Waals surface area contributed by atoms with Gasteiger partial charge in [-0.05, 0) is 13.0 Å². The molecule has 0 aromatic heterocycles. The van der Waals surface area contributed by atoms with E-state index in [0.717, 1.165) is 5.57 Å². The molecule has 0 aromatic rings. The minimum Gasteiger partial charge on any atom is -0.451 e. The summed E-state index contributed by atoms with van der Waals surface area (Å²) in [6.45, 7) is 6.13. The molecule has 0 amide bonds. The third-order valence-electron chi connectivity index (χ3n) is 1.59. The fourth-order valence-electron chi connectivity index (χ4n) is 0.992. The number of hydrogen-bond acceptors (Lipinski definition) is 3. The van der Waals surface area contributed by atoms with Crippen LogP contribution in [0.1, 0.15) is 6.92 Å². The Labute approximate surface area is 72.0 Å². The van der Waals surface area contributed by atoms with Gasteiger partial charge in [-0.2, -0.15) is 0 Å². The van der Waals surface area contributed by atoms with E-state index in [-0.39, 0.29) is 0 Å². The fraction of sp³-hybridized carbons (Fsp3) is 0.333. The summed E-state index contributed by atoms with van der Waals surface area (Å²) < 4.78 is 5.10. The highest BCUT2D eigenvalue weighted by atomic mass is 16.6. The Morgan fingerprint density at radius 3 is 3.08 bits per heavy atom. The second-order valence-corrected chi connectivity index (χ2v) is 2.44. The summed E-state index contributed by atoms with van der Waals surface area (Å²) in [5, 5.41) is 11.8. The molecule has 0 bridgehead atoms. The Kier molecular flexibility index (Phi) is 3.08. The molecule has 1 rings (SSSR count). The van der Waals surface area contributed by atoms with Crippen LogP contribution < -0.4 is 5.32 Å². The molecule has 0 aromatic carbocycles. The summed E-state index contributed by atoms with van der Waals surface area (Å²) in [6, 6.07) is 0. The smallest absolute Gasteiger partial charge is 0.257 e. The number of ether oxygens (including phenoxy) is 1. The van der Waals surface area contributed by atoms with Crippen LogP contribution in [-0.4, -0.2) is 18.1 Å². The highest BCUT2D eigenvalue weighted by molar-refractivity contribution is 5.30. The molecule has 0 saturated heterocycles. The van der Waals surface area contributed by atoms with Crippen LogP contribution in [0.25, 0.3) is 0 Å². The van der Waals surface area contributed by atoms with Crippen LogP contribution in [0.5, 0.6) is 0 Å². The fourth-order valence-corrected chi connectivity index (χ4v) is 0.992. The Balaban J connectivity index is 2.84. The lowest BCUT2D eigenvalue weighted by Crippen LogP contribution is -2.36. The topological polar surface area (TPSA) is 41.5 Å². The van der Waals surface area contributed by atoms with E-state index < -0.39 is 6.41 Å². The zero-order chi connectivity index (χ0) is 8.97. The number of aliphatic hydroxyl groups is 1. The number of rotatable bonds is 2. The summed E-state index contributed by atoms with van der Waals surface area (Å²) in [4.78, 5) is 0. The molecule has 66 valence electrons. The van der Waals surface area contributed by atoms with Crippen molar-refractivity contribution in [2.24, 2.45) is 0 Å². The van der Waals surface area contributed by atoms with Crippen LogP contribution in [0.15, 0.2) is 36.1 Å². The van der Waals surface area contributed by atoms with Gasteiger partial charge >= 0.3 is 0 Å². The molecule has 1 aliphatic heterocycles. The van der Waals surface area contributed by atoms with Crippen LogP contribution in [0, 0.1) is 0 Å². The second-order valence-electron chi connectivity index (χ2n) is 2.44.